The summed E-state index contributed by atoms with van der Waals surface area (Å²) in [6.07, 6.45) is 0. The lowest BCUT2D eigenvalue weighted by Crippen LogP contribution is -2.38. The first-order valence-electron chi connectivity index (χ1n) is 4.99. The third kappa shape index (κ3) is 2.93. The van der Waals surface area contributed by atoms with Gasteiger partial charge in [-0.2, -0.15) is 0 Å². The molecule has 0 aliphatic heterocycles. The Morgan fingerprint density at radius 3 is 2.62 bits per heavy atom. The zero-order valence-corrected chi connectivity index (χ0v) is 10.9. The summed E-state index contributed by atoms with van der Waals surface area (Å²) in [6, 6.07) is 3.19. The van der Waals surface area contributed by atoms with Crippen molar-refractivity contribution < 1.29 is 9.50 Å². The van der Waals surface area contributed by atoms with E-state index in [1.807, 2.05) is 13.8 Å². The van der Waals surface area contributed by atoms with E-state index >= 15 is 0 Å². The molecule has 0 unspecified atom stereocenters. The number of benzene rings is 1. The van der Waals surface area contributed by atoms with Crippen LogP contribution in [0.2, 0.25) is 0 Å². The quantitative estimate of drug-likeness (QED) is 0.744. The average Bonchev–Trinajstić information content (AvgIpc) is 2.22. The largest absolute Gasteiger partial charge is 0.395 e. The number of nitrogen functional groups attached to an aromatic ring is 1. The molecule has 3 nitrogen and oxygen atoms in total. The third-order valence-corrected chi connectivity index (χ3v) is 3.14. The molecule has 16 heavy (non-hydrogen) atoms. The highest BCUT2D eigenvalue weighted by Crippen LogP contribution is 2.29. The van der Waals surface area contributed by atoms with Gasteiger partial charge in [-0.25, -0.2) is 4.39 Å². The van der Waals surface area contributed by atoms with Gasteiger partial charge in [-0.05, 0) is 47.5 Å². The minimum absolute atomic E-state index is 0.0437. The SMILES string of the molecule is CC(C)(NCCO)c1cc(F)c(N)c(Br)c1. The Kier molecular flexibility index (Phi) is 4.29. The van der Waals surface area contributed by atoms with Gasteiger partial charge in [0, 0.05) is 16.6 Å². The molecule has 0 atom stereocenters. The Balaban J connectivity index is 3.03. The number of rotatable bonds is 4. The fourth-order valence-corrected chi connectivity index (χ4v) is 1.85. The van der Waals surface area contributed by atoms with E-state index in [2.05, 4.69) is 21.2 Å². The van der Waals surface area contributed by atoms with Crippen molar-refractivity contribution in [2.24, 2.45) is 0 Å². The summed E-state index contributed by atoms with van der Waals surface area (Å²) in [6.45, 7) is 4.33. The van der Waals surface area contributed by atoms with Crippen LogP contribution in [0.1, 0.15) is 19.4 Å². The van der Waals surface area contributed by atoms with Crippen molar-refractivity contribution in [2.45, 2.75) is 19.4 Å². The number of halogens is 2. The van der Waals surface area contributed by atoms with Crippen LogP contribution in [0, 0.1) is 5.82 Å². The van der Waals surface area contributed by atoms with Crippen molar-refractivity contribution in [1.82, 2.24) is 5.32 Å². The van der Waals surface area contributed by atoms with Crippen molar-refractivity contribution >= 4 is 21.6 Å². The van der Waals surface area contributed by atoms with E-state index in [1.165, 1.54) is 6.07 Å². The number of nitrogens with two attached hydrogens (primary N) is 1. The Labute approximate surface area is 103 Å². The lowest BCUT2D eigenvalue weighted by Gasteiger charge is -2.27. The molecule has 4 N–H and O–H groups in total. The summed E-state index contributed by atoms with van der Waals surface area (Å²) in [7, 11) is 0. The van der Waals surface area contributed by atoms with Gasteiger partial charge in [0.15, 0.2) is 0 Å². The molecule has 90 valence electrons. The van der Waals surface area contributed by atoms with Crippen molar-refractivity contribution in [3.63, 3.8) is 0 Å². The van der Waals surface area contributed by atoms with E-state index in [9.17, 15) is 4.39 Å². The molecule has 1 aromatic rings. The fraction of sp³-hybridized carbons (Fsp3) is 0.455. The number of anilines is 1. The average molecular weight is 291 g/mol. The number of hydrogen-bond donors (Lipinski definition) is 3. The first-order chi connectivity index (χ1) is 7.38. The number of hydrogen-bond acceptors (Lipinski definition) is 3. The van der Waals surface area contributed by atoms with E-state index in [4.69, 9.17) is 10.8 Å². The molecule has 0 fully saturated rings. The molecule has 5 heteroatoms. The standard InChI is InChI=1S/C11H16BrFN2O/c1-11(2,15-3-4-16)7-5-8(12)10(14)9(13)6-7/h5-6,15-16H,3-4,14H2,1-2H3. The van der Waals surface area contributed by atoms with Crippen molar-refractivity contribution in [3.05, 3.63) is 28.0 Å². The van der Waals surface area contributed by atoms with Crippen molar-refractivity contribution in [1.29, 1.82) is 0 Å². The van der Waals surface area contributed by atoms with Crippen LogP contribution in [-0.2, 0) is 5.54 Å². The molecule has 0 saturated heterocycles. The van der Waals surface area contributed by atoms with E-state index in [0.29, 0.717) is 11.0 Å². The first-order valence-corrected chi connectivity index (χ1v) is 5.78. The predicted molar refractivity (Wildman–Crippen MR) is 66.6 cm³/mol. The lowest BCUT2D eigenvalue weighted by atomic mass is 9.94. The lowest BCUT2D eigenvalue weighted by molar-refractivity contribution is 0.267. The minimum Gasteiger partial charge on any atom is -0.395 e. The van der Waals surface area contributed by atoms with Crippen molar-refractivity contribution in [2.75, 3.05) is 18.9 Å². The first kappa shape index (κ1) is 13.4. The molecule has 0 amide bonds. The number of aliphatic hydroxyl groups excluding tert-OH is 1. The molecule has 0 aliphatic rings. The van der Waals surface area contributed by atoms with Crippen LogP contribution in [0.3, 0.4) is 0 Å². The van der Waals surface area contributed by atoms with E-state index in [1.54, 1.807) is 6.07 Å². The van der Waals surface area contributed by atoms with Gasteiger partial charge in [0.05, 0.1) is 12.3 Å². The Morgan fingerprint density at radius 1 is 1.50 bits per heavy atom. The molecule has 0 bridgehead atoms. The third-order valence-electron chi connectivity index (χ3n) is 2.48. The van der Waals surface area contributed by atoms with Gasteiger partial charge < -0.3 is 16.2 Å². The maximum atomic E-state index is 13.5. The van der Waals surface area contributed by atoms with Crippen LogP contribution in [0.4, 0.5) is 10.1 Å². The molecule has 0 spiro atoms. The number of nitrogens with one attached hydrogen (secondary N) is 1. The second-order valence-electron chi connectivity index (χ2n) is 4.13. The van der Waals surface area contributed by atoms with Crippen LogP contribution < -0.4 is 11.1 Å². The van der Waals surface area contributed by atoms with Crippen LogP contribution in [0.5, 0.6) is 0 Å². The highest BCUT2D eigenvalue weighted by atomic mass is 79.9. The normalized spacial score (nSPS) is 11.8. The summed E-state index contributed by atoms with van der Waals surface area (Å²) >= 11 is 3.22. The van der Waals surface area contributed by atoms with Gasteiger partial charge in [-0.3, -0.25) is 0 Å². The van der Waals surface area contributed by atoms with Gasteiger partial charge in [-0.1, -0.05) is 0 Å². The van der Waals surface area contributed by atoms with Gasteiger partial charge in [-0.15, -0.1) is 0 Å². The molecule has 0 radical (unpaired) electrons. The fourth-order valence-electron chi connectivity index (χ4n) is 1.42. The molecule has 1 rings (SSSR count). The van der Waals surface area contributed by atoms with Crippen LogP contribution >= 0.6 is 15.9 Å². The second-order valence-corrected chi connectivity index (χ2v) is 4.98. The highest BCUT2D eigenvalue weighted by molar-refractivity contribution is 9.10. The Bertz CT molecular complexity index is 359. The van der Waals surface area contributed by atoms with E-state index < -0.39 is 11.4 Å². The monoisotopic (exact) mass is 290 g/mol. The van der Waals surface area contributed by atoms with Gasteiger partial charge >= 0.3 is 0 Å². The summed E-state index contributed by atoms with van der Waals surface area (Å²) in [5.41, 5.74) is 5.99. The number of aliphatic hydroxyl groups is 1. The van der Waals surface area contributed by atoms with Gasteiger partial charge in [0.25, 0.3) is 0 Å². The van der Waals surface area contributed by atoms with Crippen molar-refractivity contribution in [3.8, 4) is 0 Å². The Morgan fingerprint density at radius 2 is 2.12 bits per heavy atom. The van der Waals surface area contributed by atoms with Gasteiger partial charge in [0.2, 0.25) is 0 Å². The zero-order valence-electron chi connectivity index (χ0n) is 9.35. The van der Waals surface area contributed by atoms with E-state index in [0.717, 1.165) is 5.56 Å². The molecular weight excluding hydrogens is 275 g/mol. The maximum Gasteiger partial charge on any atom is 0.147 e. The summed E-state index contributed by atoms with van der Waals surface area (Å²) in [5.74, 6) is -0.441. The van der Waals surface area contributed by atoms with Gasteiger partial charge in [0.1, 0.15) is 5.82 Å². The molecular formula is C11H16BrFN2O. The summed E-state index contributed by atoms with van der Waals surface area (Å²) in [4.78, 5) is 0. The summed E-state index contributed by atoms with van der Waals surface area (Å²) in [5, 5.41) is 11.9. The molecule has 1 aromatic carbocycles. The second kappa shape index (κ2) is 5.12. The smallest absolute Gasteiger partial charge is 0.147 e. The Hall–Kier alpha value is -0.650. The minimum atomic E-state index is -0.441. The topological polar surface area (TPSA) is 58.3 Å². The molecule has 0 heterocycles. The van der Waals surface area contributed by atoms with E-state index in [-0.39, 0.29) is 12.3 Å². The molecule has 0 aliphatic carbocycles. The van der Waals surface area contributed by atoms with Crippen LogP contribution in [0.15, 0.2) is 16.6 Å². The molecule has 0 saturated carbocycles. The molecule has 0 aromatic heterocycles. The highest BCUT2D eigenvalue weighted by Gasteiger charge is 2.21. The summed E-state index contributed by atoms with van der Waals surface area (Å²) < 4.78 is 14.0. The van der Waals surface area contributed by atoms with Crippen LogP contribution in [-0.4, -0.2) is 18.3 Å². The van der Waals surface area contributed by atoms with Crippen LogP contribution in [0.25, 0.3) is 0 Å². The maximum absolute atomic E-state index is 13.5. The zero-order chi connectivity index (χ0) is 12.3. The predicted octanol–water partition coefficient (Wildman–Crippen LogP) is 1.99.